The lowest BCUT2D eigenvalue weighted by Gasteiger charge is -2.08. The molecule has 0 atom stereocenters. The lowest BCUT2D eigenvalue weighted by Crippen LogP contribution is -2.24. The van der Waals surface area contributed by atoms with Crippen molar-refractivity contribution in [1.82, 2.24) is 4.72 Å². The second kappa shape index (κ2) is 9.03. The molecule has 2 aromatic carbocycles. The maximum atomic E-state index is 12.0. The Kier molecular flexibility index (Phi) is 7.04. The summed E-state index contributed by atoms with van der Waals surface area (Å²) in [6, 6.07) is 14.1. The molecule has 0 aliphatic heterocycles. The Morgan fingerprint density at radius 3 is 2.28 bits per heavy atom. The highest BCUT2D eigenvalue weighted by atomic mass is 32.2. The highest BCUT2D eigenvalue weighted by Crippen LogP contribution is 2.19. The van der Waals surface area contributed by atoms with Gasteiger partial charge in [0.25, 0.3) is 0 Å². The molecule has 0 aliphatic carbocycles. The molecule has 0 heterocycles. The summed E-state index contributed by atoms with van der Waals surface area (Å²) in [4.78, 5) is 13.2. The number of benzene rings is 2. The highest BCUT2D eigenvalue weighted by molar-refractivity contribution is 8.00. The minimum atomic E-state index is -3.48. The first-order valence-electron chi connectivity index (χ1n) is 8.00. The standard InChI is InChI=1S/C18H22N2O3S2/c1-3-12-19-25(22,23)17-10-6-15(7-11-17)20-18(21)13-24-16-8-4-14(2)5-9-16/h4-11,19H,3,12-13H2,1-2H3,(H,20,21). The summed E-state index contributed by atoms with van der Waals surface area (Å²) in [5.41, 5.74) is 1.75. The molecule has 25 heavy (non-hydrogen) atoms. The van der Waals surface area contributed by atoms with Gasteiger partial charge in [-0.05, 0) is 49.7 Å². The highest BCUT2D eigenvalue weighted by Gasteiger charge is 2.13. The summed E-state index contributed by atoms with van der Waals surface area (Å²) in [7, 11) is -3.48. The molecule has 0 unspecified atom stereocenters. The molecule has 1 amide bonds. The third-order valence-electron chi connectivity index (χ3n) is 3.38. The number of sulfonamides is 1. The van der Waals surface area contributed by atoms with Crippen LogP contribution in [0.25, 0.3) is 0 Å². The lowest BCUT2D eigenvalue weighted by atomic mass is 10.2. The first-order chi connectivity index (χ1) is 11.9. The van der Waals surface area contributed by atoms with Gasteiger partial charge in [-0.25, -0.2) is 13.1 Å². The summed E-state index contributed by atoms with van der Waals surface area (Å²) >= 11 is 1.46. The van der Waals surface area contributed by atoms with E-state index in [1.165, 1.54) is 29.5 Å². The van der Waals surface area contributed by atoms with E-state index in [2.05, 4.69) is 10.0 Å². The van der Waals surface area contributed by atoms with E-state index in [0.29, 0.717) is 18.0 Å². The number of carbonyl (C=O) groups is 1. The second-order valence-electron chi connectivity index (χ2n) is 5.57. The number of anilines is 1. The molecule has 0 aromatic heterocycles. The van der Waals surface area contributed by atoms with Crippen LogP contribution in [-0.4, -0.2) is 26.6 Å². The van der Waals surface area contributed by atoms with E-state index in [-0.39, 0.29) is 10.8 Å². The van der Waals surface area contributed by atoms with Gasteiger partial charge in [-0.1, -0.05) is 24.6 Å². The first kappa shape index (κ1) is 19.5. The first-order valence-corrected chi connectivity index (χ1v) is 10.5. The molecule has 0 bridgehead atoms. The zero-order valence-corrected chi connectivity index (χ0v) is 15.9. The van der Waals surface area contributed by atoms with Gasteiger partial charge in [0, 0.05) is 17.1 Å². The van der Waals surface area contributed by atoms with Crippen LogP contribution >= 0.6 is 11.8 Å². The van der Waals surface area contributed by atoms with Gasteiger partial charge in [0.05, 0.1) is 10.6 Å². The molecule has 0 aliphatic rings. The molecule has 0 fully saturated rings. The van der Waals surface area contributed by atoms with Crippen molar-refractivity contribution >= 4 is 33.4 Å². The maximum absolute atomic E-state index is 12.0. The van der Waals surface area contributed by atoms with E-state index in [1.54, 1.807) is 12.1 Å². The summed E-state index contributed by atoms with van der Waals surface area (Å²) in [5.74, 6) is 0.159. The largest absolute Gasteiger partial charge is 0.325 e. The van der Waals surface area contributed by atoms with Crippen molar-refractivity contribution in [2.75, 3.05) is 17.6 Å². The zero-order valence-electron chi connectivity index (χ0n) is 14.3. The summed E-state index contributed by atoms with van der Waals surface area (Å²) in [6.07, 6.45) is 0.728. The van der Waals surface area contributed by atoms with Gasteiger partial charge in [0.15, 0.2) is 0 Å². The molecule has 5 nitrogen and oxygen atoms in total. The number of hydrogen-bond acceptors (Lipinski definition) is 4. The minimum Gasteiger partial charge on any atom is -0.325 e. The Labute approximate surface area is 153 Å². The van der Waals surface area contributed by atoms with Crippen LogP contribution in [0.4, 0.5) is 5.69 Å². The normalized spacial score (nSPS) is 11.3. The van der Waals surface area contributed by atoms with Gasteiger partial charge in [0.2, 0.25) is 15.9 Å². The molecule has 134 valence electrons. The number of hydrogen-bond donors (Lipinski definition) is 2. The summed E-state index contributed by atoms with van der Waals surface area (Å²) in [6.45, 7) is 4.32. The third kappa shape index (κ3) is 6.19. The van der Waals surface area contributed by atoms with Crippen molar-refractivity contribution in [2.45, 2.75) is 30.1 Å². The van der Waals surface area contributed by atoms with Crippen LogP contribution in [0.15, 0.2) is 58.3 Å². The van der Waals surface area contributed by atoms with Crippen molar-refractivity contribution in [3.8, 4) is 0 Å². The van der Waals surface area contributed by atoms with Gasteiger partial charge in [0.1, 0.15) is 0 Å². The van der Waals surface area contributed by atoms with Crippen molar-refractivity contribution in [2.24, 2.45) is 0 Å². The fraction of sp³-hybridized carbons (Fsp3) is 0.278. The molecule has 2 aromatic rings. The minimum absolute atomic E-state index is 0.134. The van der Waals surface area contributed by atoms with E-state index in [4.69, 9.17) is 0 Å². The lowest BCUT2D eigenvalue weighted by molar-refractivity contribution is -0.113. The van der Waals surface area contributed by atoms with Crippen LogP contribution in [0.2, 0.25) is 0 Å². The fourth-order valence-electron chi connectivity index (χ4n) is 2.02. The average Bonchev–Trinajstić information content (AvgIpc) is 2.60. The number of nitrogens with one attached hydrogen (secondary N) is 2. The van der Waals surface area contributed by atoms with Crippen LogP contribution in [0, 0.1) is 6.92 Å². The molecular formula is C18H22N2O3S2. The Morgan fingerprint density at radius 2 is 1.68 bits per heavy atom. The molecule has 0 radical (unpaired) electrons. The van der Waals surface area contributed by atoms with Crippen molar-refractivity contribution in [3.63, 3.8) is 0 Å². The fourth-order valence-corrected chi connectivity index (χ4v) is 3.85. The number of carbonyl (C=O) groups excluding carboxylic acids is 1. The van der Waals surface area contributed by atoms with E-state index in [9.17, 15) is 13.2 Å². The predicted octanol–water partition coefficient (Wildman–Crippen LogP) is 3.41. The average molecular weight is 379 g/mol. The molecule has 0 spiro atoms. The van der Waals surface area contributed by atoms with E-state index < -0.39 is 10.0 Å². The number of rotatable bonds is 8. The SMILES string of the molecule is CCCNS(=O)(=O)c1ccc(NC(=O)CSc2ccc(C)cc2)cc1. The summed E-state index contributed by atoms with van der Waals surface area (Å²) < 4.78 is 26.5. The Bertz CT molecular complexity index is 801. The van der Waals surface area contributed by atoms with Crippen molar-refractivity contribution in [3.05, 3.63) is 54.1 Å². The molecule has 0 saturated carbocycles. The molecule has 0 saturated heterocycles. The van der Waals surface area contributed by atoms with Gasteiger partial charge >= 0.3 is 0 Å². The molecule has 2 rings (SSSR count). The van der Waals surface area contributed by atoms with E-state index in [0.717, 1.165) is 11.3 Å². The van der Waals surface area contributed by atoms with Gasteiger partial charge in [-0.3, -0.25) is 4.79 Å². The number of amides is 1. The second-order valence-corrected chi connectivity index (χ2v) is 8.39. The van der Waals surface area contributed by atoms with Crippen molar-refractivity contribution < 1.29 is 13.2 Å². The Morgan fingerprint density at radius 1 is 1.04 bits per heavy atom. The quantitative estimate of drug-likeness (QED) is 0.690. The third-order valence-corrected chi connectivity index (χ3v) is 5.87. The Hall–Kier alpha value is -1.83. The van der Waals surface area contributed by atoms with Crippen LogP contribution in [-0.2, 0) is 14.8 Å². The maximum Gasteiger partial charge on any atom is 0.240 e. The monoisotopic (exact) mass is 378 g/mol. The van der Waals surface area contributed by atoms with Crippen LogP contribution in [0.3, 0.4) is 0 Å². The van der Waals surface area contributed by atoms with E-state index in [1.807, 2.05) is 38.1 Å². The number of aryl methyl sites for hydroxylation is 1. The van der Waals surface area contributed by atoms with Crippen LogP contribution in [0.1, 0.15) is 18.9 Å². The van der Waals surface area contributed by atoms with E-state index >= 15 is 0 Å². The topological polar surface area (TPSA) is 75.3 Å². The van der Waals surface area contributed by atoms with Gasteiger partial charge < -0.3 is 5.32 Å². The van der Waals surface area contributed by atoms with Crippen molar-refractivity contribution in [1.29, 1.82) is 0 Å². The predicted molar refractivity (Wildman–Crippen MR) is 102 cm³/mol. The van der Waals surface area contributed by atoms with Gasteiger partial charge in [-0.15, -0.1) is 11.8 Å². The molecular weight excluding hydrogens is 356 g/mol. The zero-order chi connectivity index (χ0) is 18.3. The smallest absolute Gasteiger partial charge is 0.240 e. The van der Waals surface area contributed by atoms with Crippen LogP contribution < -0.4 is 10.0 Å². The summed E-state index contributed by atoms with van der Waals surface area (Å²) in [5, 5.41) is 2.77. The van der Waals surface area contributed by atoms with Gasteiger partial charge in [-0.2, -0.15) is 0 Å². The van der Waals surface area contributed by atoms with Crippen LogP contribution in [0.5, 0.6) is 0 Å². The molecule has 2 N–H and O–H groups in total. The number of thioether (sulfide) groups is 1. The Balaban J connectivity index is 1.89. The molecule has 7 heteroatoms.